The molecular weight excluding hydrogens is 1830 g/mol. The predicted molar refractivity (Wildman–Crippen MR) is 536 cm³/mol. The van der Waals surface area contributed by atoms with E-state index in [0.29, 0.717) is 80.3 Å². The zero-order chi connectivity index (χ0) is 97.6. The van der Waals surface area contributed by atoms with Gasteiger partial charge in [0.2, 0.25) is 0 Å². The first kappa shape index (κ1) is 105. The molecule has 0 bridgehead atoms. The number of carbonyl (C=O) groups is 1. The molecular formula is C104H125Cl2F5N10O7S5. The molecule has 10 aromatic rings. The minimum absolute atomic E-state index is 0.274. The highest BCUT2D eigenvalue weighted by Crippen LogP contribution is 2.52. The van der Waals surface area contributed by atoms with E-state index >= 15 is 0 Å². The molecule has 0 radical (unpaired) electrons. The van der Waals surface area contributed by atoms with Crippen molar-refractivity contribution in [1.82, 2.24) is 43.8 Å². The Hall–Kier alpha value is -8.29. The largest absolute Gasteiger partial charge is 0.387 e. The lowest BCUT2D eigenvalue weighted by atomic mass is 9.87. The molecule has 15 rings (SSSR count). The van der Waals surface area contributed by atoms with Gasteiger partial charge >= 0.3 is 0 Å². The molecule has 0 amide bonds. The highest BCUT2D eigenvalue weighted by atomic mass is 35.5. The Balaban J connectivity index is 0.000000160. The number of halogens is 7. The summed E-state index contributed by atoms with van der Waals surface area (Å²) >= 11 is 12.5. The summed E-state index contributed by atoms with van der Waals surface area (Å²) < 4.78 is 146. The molecule has 5 saturated carbocycles. The number of hydrogen-bond acceptors (Lipinski definition) is 12. The van der Waals surface area contributed by atoms with Crippen LogP contribution in [0.3, 0.4) is 0 Å². The second-order valence-electron chi connectivity index (χ2n) is 40.6. The molecule has 17 nitrogen and oxygen atoms in total. The van der Waals surface area contributed by atoms with Crippen molar-refractivity contribution in [3.05, 3.63) is 273 Å². The van der Waals surface area contributed by atoms with Crippen LogP contribution >= 0.6 is 23.2 Å². The molecule has 0 aliphatic heterocycles. The number of hydrogen-bond donors (Lipinski definition) is 5. The Labute approximate surface area is 804 Å². The van der Waals surface area contributed by atoms with Crippen molar-refractivity contribution < 1.29 is 52.9 Å². The van der Waals surface area contributed by atoms with Crippen molar-refractivity contribution in [1.29, 1.82) is 0 Å². The first-order valence-electron chi connectivity index (χ1n) is 44.9. The first-order chi connectivity index (χ1) is 62.1. The number of rotatable bonds is 27. The summed E-state index contributed by atoms with van der Waals surface area (Å²) in [5.74, 6) is 0.341. The second kappa shape index (κ2) is 42.8. The molecule has 10 atom stereocenters. The van der Waals surface area contributed by atoms with Crippen LogP contribution in [0.1, 0.15) is 258 Å². The lowest BCUT2D eigenvalue weighted by molar-refractivity contribution is 0.111. The van der Waals surface area contributed by atoms with Crippen LogP contribution in [0, 0.1) is 58.7 Å². The van der Waals surface area contributed by atoms with E-state index in [1.54, 1.807) is 85.8 Å². The number of nitrogens with one attached hydrogen (secondary N) is 4. The van der Waals surface area contributed by atoms with E-state index in [9.17, 15) is 52.9 Å². The van der Waals surface area contributed by atoms with E-state index in [-0.39, 0.29) is 38.6 Å². The number of pyridine rings is 5. The summed E-state index contributed by atoms with van der Waals surface area (Å²) in [5.41, 5.74) is 12.4. The quantitative estimate of drug-likeness (QED) is 0.0140. The van der Waals surface area contributed by atoms with Crippen molar-refractivity contribution in [3.63, 3.8) is 0 Å². The van der Waals surface area contributed by atoms with Crippen LogP contribution in [0.2, 0.25) is 10.3 Å². The minimum atomic E-state index is -1.33. The molecule has 133 heavy (non-hydrogen) atoms. The molecule has 5 aromatic carbocycles. The number of carbonyl (C=O) groups excluding carboxylic acids is 1. The Kier molecular flexibility index (Phi) is 33.8. The lowest BCUT2D eigenvalue weighted by Crippen LogP contribution is -2.47. The monoisotopic (exact) mass is 1950 g/mol. The van der Waals surface area contributed by atoms with Crippen LogP contribution in [-0.4, -0.2) is 86.8 Å². The maximum absolute atomic E-state index is 13.3. The second-order valence-corrected chi connectivity index (χ2v) is 51.2. The number of aromatic nitrogens is 5. The van der Waals surface area contributed by atoms with Crippen LogP contribution in [-0.2, 0) is 77.1 Å². The van der Waals surface area contributed by atoms with Gasteiger partial charge in [0.25, 0.3) is 0 Å². The van der Waals surface area contributed by atoms with E-state index in [4.69, 9.17) is 23.2 Å². The van der Waals surface area contributed by atoms with Gasteiger partial charge < -0.3 is 5.11 Å². The number of nitrogens with zero attached hydrogens (tertiary/aromatic N) is 6. The van der Waals surface area contributed by atoms with Gasteiger partial charge in [0.05, 0.1) is 142 Å². The van der Waals surface area contributed by atoms with E-state index in [0.717, 1.165) is 137 Å². The minimum Gasteiger partial charge on any atom is -0.387 e. The predicted octanol–water partition coefficient (Wildman–Crippen LogP) is 24.6. The standard InChI is InChI=1S/C22H29FN2O2S.C22H27FN2OS.C21H25FN2O2S.C20H24ClFN2OS.C19H20ClFN2OS/c1-14(26)19-12-17(13-20(24-19)15-6-10-18(23)11-7-15)22(5,16-8-9-16)25-28(27)21(2,3)4;1-6-19-13-17(14-20(24-19)15-7-11-18(23)12-8-15)22(5,16-9-10-16)25-27(26)21(2,3)4;1-20(2,3)27(26)24-21(4,15-7-8-15)16-11-18(13-25)23-19(12-16)14-5-9-17(22)10-6-14;1-19(2,3)26(25)24-20(4,14-7-8-14)15-11-17(23-18(21)12-15)13-5-9-16(22)10-6-13;1-19(2,3)25(24)23-18(13-4-5-13)14-10-16(22-17(20)11-14)12-6-8-15(21)9-7-12/h6-7,10-14,16,25-26H,8-9H2,1-5H3;6-8,11-14,16,25H,1,9-10H2,2-5H3;5-6,9-13,15,24H,7-8H2,1-4H3;5-6,9-12,14,24H,7-8H2,1-4H3;6-11,13H,4-5H2,1-3H3. The topological polar surface area (TPSA) is 248 Å². The van der Waals surface area contributed by atoms with Gasteiger partial charge in [-0.1, -0.05) is 29.8 Å². The van der Waals surface area contributed by atoms with Crippen LogP contribution in [0.25, 0.3) is 62.4 Å². The lowest BCUT2D eigenvalue weighted by Gasteiger charge is -2.34. The molecule has 5 heterocycles. The Bertz CT molecular complexity index is 5820. The van der Waals surface area contributed by atoms with Crippen LogP contribution in [0.5, 0.6) is 0 Å². The molecule has 5 aromatic heterocycles. The maximum atomic E-state index is 13.3. The molecule has 29 heteroatoms. The van der Waals surface area contributed by atoms with Gasteiger partial charge in [-0.15, -0.1) is 0 Å². The third-order valence-corrected chi connectivity index (χ3v) is 32.6. The smallest absolute Gasteiger partial charge is 0.168 e. The van der Waals surface area contributed by atoms with Gasteiger partial charge in [0.15, 0.2) is 6.29 Å². The van der Waals surface area contributed by atoms with Gasteiger partial charge in [0.1, 0.15) is 56.1 Å². The van der Waals surface area contributed by atoms with Crippen LogP contribution < -0.4 is 18.9 Å². The molecule has 712 valence electrons. The maximum Gasteiger partial charge on any atom is 0.168 e. The number of aliphatic hydroxyl groups excluding tert-OH is 1. The summed E-state index contributed by atoms with van der Waals surface area (Å²) in [5, 5.41) is 10.9. The average Bonchev–Trinajstić information content (AvgIpc) is 1.70. The highest BCUT2D eigenvalue weighted by Gasteiger charge is 2.50. The summed E-state index contributed by atoms with van der Waals surface area (Å²) in [6, 6.07) is 49.8. The third kappa shape index (κ3) is 28.2. The fraction of sp³-hybridized carbons (Fsp3) is 0.433. The van der Waals surface area contributed by atoms with Crippen molar-refractivity contribution >= 4 is 96.2 Å². The molecule has 5 fully saturated rings. The van der Waals surface area contributed by atoms with E-state index in [1.807, 2.05) is 159 Å². The Morgan fingerprint density at radius 3 is 0.910 bits per heavy atom. The zero-order valence-electron chi connectivity index (χ0n) is 79.5. The van der Waals surface area contributed by atoms with Gasteiger partial charge in [0, 0.05) is 39.3 Å². The van der Waals surface area contributed by atoms with Crippen molar-refractivity contribution in [2.75, 3.05) is 0 Å². The fourth-order valence-electron chi connectivity index (χ4n) is 14.7. The normalized spacial score (nSPS) is 18.1. The van der Waals surface area contributed by atoms with E-state index in [2.05, 4.69) is 75.6 Å². The molecule has 0 saturated heterocycles. The number of benzene rings is 5. The van der Waals surface area contributed by atoms with Crippen LogP contribution in [0.15, 0.2) is 193 Å². The van der Waals surface area contributed by atoms with Gasteiger partial charge in [-0.2, -0.15) is 4.40 Å². The van der Waals surface area contributed by atoms with Gasteiger partial charge in [-0.3, -0.25) is 9.78 Å². The Morgan fingerprint density at radius 2 is 0.639 bits per heavy atom. The summed E-state index contributed by atoms with van der Waals surface area (Å²) in [6.07, 6.45) is 12.3. The summed E-state index contributed by atoms with van der Waals surface area (Å²) in [4.78, 5) is 33.8. The van der Waals surface area contributed by atoms with Gasteiger partial charge in [-0.05, 0) is 437 Å². The summed E-state index contributed by atoms with van der Waals surface area (Å²) in [6.45, 7) is 42.9. The molecule has 0 spiro atoms. The molecule has 5 N–H and O–H groups in total. The van der Waals surface area contributed by atoms with Crippen LogP contribution in [0.4, 0.5) is 22.0 Å². The number of aliphatic hydroxyl groups is 1. The number of aldehydes is 1. The van der Waals surface area contributed by atoms with Crippen molar-refractivity contribution in [3.8, 4) is 56.3 Å². The zero-order valence-corrected chi connectivity index (χ0v) is 85.1. The third-order valence-electron chi connectivity index (χ3n) is 24.0. The molecule has 5 aliphatic rings. The molecule has 10 unspecified atom stereocenters. The SMILES string of the molecule is C=Cc1cc(C(C)(NS(=O)C(C)(C)C)C2CC2)cc(-c2ccc(F)cc2)n1.CC(C)(C)S(=O)N=C(c1cc(Cl)nc(-c2ccc(F)cc2)c1)C1CC1.CC(NS(=O)C(C)(C)C)(c1cc(C=O)nc(-c2ccc(F)cc2)c1)C1CC1.CC(NS(=O)C(C)(C)C)(c1cc(Cl)nc(-c2ccc(F)cc2)c1)C1CC1.CC(O)c1cc(C(C)(NS(=O)C(C)(C)C)C2CC2)cc(-c2ccc(F)cc2)n1. The average molecular weight is 1950 g/mol. The molecule has 5 aliphatic carbocycles. The van der Waals surface area contributed by atoms with E-state index in [1.165, 1.54) is 60.7 Å². The van der Waals surface area contributed by atoms with Crippen molar-refractivity contribution in [2.45, 2.75) is 255 Å². The Morgan fingerprint density at radius 1 is 0.376 bits per heavy atom. The van der Waals surface area contributed by atoms with E-state index < -0.39 is 97.4 Å². The highest BCUT2D eigenvalue weighted by molar-refractivity contribution is 7.85. The first-order valence-corrected chi connectivity index (χ1v) is 51.3. The summed E-state index contributed by atoms with van der Waals surface area (Å²) in [7, 11) is -6.24. The van der Waals surface area contributed by atoms with Gasteiger partial charge in [-0.25, -0.2) is 81.8 Å². The fourth-order valence-corrected chi connectivity index (χ4v) is 19.7. The van der Waals surface area contributed by atoms with Crippen molar-refractivity contribution in [2.24, 2.45) is 34.0 Å².